The van der Waals surface area contributed by atoms with Gasteiger partial charge < -0.3 is 24.3 Å². The summed E-state index contributed by atoms with van der Waals surface area (Å²) in [4.78, 5) is 13.6. The van der Waals surface area contributed by atoms with Gasteiger partial charge in [0.15, 0.2) is 6.10 Å². The first kappa shape index (κ1) is 29.1. The fraction of sp³-hybridized carbons (Fsp3) is 0.367. The molecule has 2 atom stereocenters. The van der Waals surface area contributed by atoms with Crippen LogP contribution < -0.4 is 28.6 Å². The number of hydrogen-bond acceptors (Lipinski definition) is 7. The van der Waals surface area contributed by atoms with E-state index in [0.717, 1.165) is 5.56 Å². The smallest absolute Gasteiger partial charge is 0.264 e. The van der Waals surface area contributed by atoms with Crippen LogP contribution in [0.25, 0.3) is 0 Å². The van der Waals surface area contributed by atoms with Gasteiger partial charge >= 0.3 is 0 Å². The van der Waals surface area contributed by atoms with Gasteiger partial charge in [-0.25, -0.2) is 8.42 Å². The van der Waals surface area contributed by atoms with Crippen LogP contribution in [0.4, 0.5) is 5.69 Å². The molecule has 0 aliphatic carbocycles. The van der Waals surface area contributed by atoms with Crippen molar-refractivity contribution in [2.45, 2.75) is 50.2 Å². The van der Waals surface area contributed by atoms with Crippen molar-refractivity contribution in [3.8, 4) is 23.0 Å². The maximum atomic E-state index is 13.9. The molecule has 4 rings (SSSR count). The Hall–Kier alpha value is -3.92. The number of benzene rings is 3. The van der Waals surface area contributed by atoms with Crippen LogP contribution in [0.1, 0.15) is 44.9 Å². The van der Waals surface area contributed by atoms with Gasteiger partial charge in [-0.2, -0.15) is 0 Å². The summed E-state index contributed by atoms with van der Waals surface area (Å²) in [5.74, 6) is 1.59. The first-order valence-electron chi connectivity index (χ1n) is 12.9. The molecule has 3 aromatic rings. The van der Waals surface area contributed by atoms with Crippen molar-refractivity contribution in [2.75, 3.05) is 32.2 Å². The summed E-state index contributed by atoms with van der Waals surface area (Å²) >= 11 is 0. The van der Waals surface area contributed by atoms with Crippen molar-refractivity contribution < 1.29 is 32.2 Å². The van der Waals surface area contributed by atoms with Gasteiger partial charge in [-0.1, -0.05) is 26.8 Å². The van der Waals surface area contributed by atoms with Crippen molar-refractivity contribution >= 4 is 21.6 Å². The SMILES string of the molecule is COc1ccc(S(=O)(=O)N2C[C@@H](C(=O)N[C@H](C)c3cc(OC)ccc3OC)Oc3ccc(C(C)(C)C)cc32)cc1. The van der Waals surface area contributed by atoms with Gasteiger partial charge in [0.2, 0.25) is 0 Å². The van der Waals surface area contributed by atoms with Crippen LogP contribution in [0.15, 0.2) is 65.6 Å². The average molecular weight is 569 g/mol. The lowest BCUT2D eigenvalue weighted by Crippen LogP contribution is -2.51. The van der Waals surface area contributed by atoms with Crippen LogP contribution in [0.5, 0.6) is 23.0 Å². The maximum absolute atomic E-state index is 13.9. The zero-order valence-electron chi connectivity index (χ0n) is 23.8. The van der Waals surface area contributed by atoms with E-state index in [1.165, 1.54) is 23.5 Å². The van der Waals surface area contributed by atoms with Gasteiger partial charge in [-0.05, 0) is 72.5 Å². The molecule has 3 aromatic carbocycles. The maximum Gasteiger partial charge on any atom is 0.264 e. The van der Waals surface area contributed by atoms with Crippen molar-refractivity contribution in [2.24, 2.45) is 0 Å². The van der Waals surface area contributed by atoms with Gasteiger partial charge in [0, 0.05) is 5.56 Å². The summed E-state index contributed by atoms with van der Waals surface area (Å²) in [6.07, 6.45) is -1.10. The predicted octanol–water partition coefficient (Wildman–Crippen LogP) is 4.84. The second kappa shape index (κ2) is 11.3. The molecular formula is C30H36N2O7S. The minimum atomic E-state index is -4.05. The van der Waals surface area contributed by atoms with Crippen LogP contribution in [0.3, 0.4) is 0 Å². The third-order valence-electron chi connectivity index (χ3n) is 6.90. The fourth-order valence-electron chi connectivity index (χ4n) is 4.52. The second-order valence-electron chi connectivity index (χ2n) is 10.6. The molecule has 0 spiro atoms. The first-order chi connectivity index (χ1) is 18.9. The van der Waals surface area contributed by atoms with E-state index >= 15 is 0 Å². The summed E-state index contributed by atoms with van der Waals surface area (Å²) in [5, 5.41) is 2.95. The zero-order valence-corrected chi connectivity index (χ0v) is 24.7. The number of ether oxygens (including phenoxy) is 4. The highest BCUT2D eigenvalue weighted by atomic mass is 32.2. The van der Waals surface area contributed by atoms with Crippen molar-refractivity contribution in [3.63, 3.8) is 0 Å². The highest BCUT2D eigenvalue weighted by Crippen LogP contribution is 2.40. The number of rotatable bonds is 8. The molecule has 0 saturated heterocycles. The van der Waals surface area contributed by atoms with E-state index in [1.807, 2.05) is 39.8 Å². The van der Waals surface area contributed by atoms with E-state index in [9.17, 15) is 13.2 Å². The third-order valence-corrected chi connectivity index (χ3v) is 8.69. The van der Waals surface area contributed by atoms with E-state index in [1.54, 1.807) is 50.6 Å². The molecule has 0 radical (unpaired) electrons. The first-order valence-corrected chi connectivity index (χ1v) is 14.3. The molecule has 0 unspecified atom stereocenters. The van der Waals surface area contributed by atoms with Crippen LogP contribution in [-0.2, 0) is 20.2 Å². The molecule has 1 N–H and O–H groups in total. The number of carbonyl (C=O) groups is 1. The van der Waals surface area contributed by atoms with E-state index in [-0.39, 0.29) is 16.9 Å². The standard InChI is InChI=1S/C30H36N2O7S/c1-19(24-17-22(37-6)11-15-26(24)38-7)31-29(33)28-18-32(40(34,35)23-12-9-21(36-5)10-13-23)25-16-20(30(2,3)4)8-14-27(25)39-28/h8-17,19,28H,18H2,1-7H3,(H,31,33)/t19-,28+/m1/s1. The molecule has 1 heterocycles. The van der Waals surface area contributed by atoms with Crippen LogP contribution >= 0.6 is 0 Å². The fourth-order valence-corrected chi connectivity index (χ4v) is 5.99. The normalized spacial score (nSPS) is 15.9. The molecular weight excluding hydrogens is 532 g/mol. The molecule has 9 nitrogen and oxygen atoms in total. The van der Waals surface area contributed by atoms with Gasteiger partial charge in [0.25, 0.3) is 15.9 Å². The molecule has 1 aliphatic heterocycles. The third kappa shape index (κ3) is 5.82. The number of nitrogens with one attached hydrogen (secondary N) is 1. The summed E-state index contributed by atoms with van der Waals surface area (Å²) in [6.45, 7) is 7.75. The summed E-state index contributed by atoms with van der Waals surface area (Å²) in [6, 6.07) is 16.4. The molecule has 0 bridgehead atoms. The van der Waals surface area contributed by atoms with Crippen LogP contribution in [0.2, 0.25) is 0 Å². The van der Waals surface area contributed by atoms with Crippen molar-refractivity contribution in [1.29, 1.82) is 0 Å². The lowest BCUT2D eigenvalue weighted by Gasteiger charge is -2.36. The summed E-state index contributed by atoms with van der Waals surface area (Å²) < 4.78 is 51.2. The Morgan fingerprint density at radius 2 is 1.60 bits per heavy atom. The predicted molar refractivity (Wildman–Crippen MR) is 153 cm³/mol. The number of carbonyl (C=O) groups excluding carboxylic acids is 1. The van der Waals surface area contributed by atoms with E-state index in [0.29, 0.717) is 34.2 Å². The molecule has 10 heteroatoms. The number of anilines is 1. The topological polar surface area (TPSA) is 103 Å². The van der Waals surface area contributed by atoms with E-state index in [2.05, 4.69) is 5.32 Å². The Labute approximate surface area is 236 Å². The molecule has 0 fully saturated rings. The lowest BCUT2D eigenvalue weighted by molar-refractivity contribution is -0.128. The summed E-state index contributed by atoms with van der Waals surface area (Å²) in [5.41, 5.74) is 1.80. The monoisotopic (exact) mass is 568 g/mol. The largest absolute Gasteiger partial charge is 0.497 e. The number of sulfonamides is 1. The lowest BCUT2D eigenvalue weighted by atomic mass is 9.86. The van der Waals surface area contributed by atoms with E-state index in [4.69, 9.17) is 18.9 Å². The van der Waals surface area contributed by atoms with Crippen molar-refractivity contribution in [1.82, 2.24) is 5.32 Å². The Bertz CT molecular complexity index is 1480. The highest BCUT2D eigenvalue weighted by Gasteiger charge is 2.39. The average Bonchev–Trinajstić information content (AvgIpc) is 2.95. The van der Waals surface area contributed by atoms with E-state index < -0.39 is 28.1 Å². The summed E-state index contributed by atoms with van der Waals surface area (Å²) in [7, 11) is 0.578. The molecule has 0 aromatic heterocycles. The quantitative estimate of drug-likeness (QED) is 0.415. The Morgan fingerprint density at radius 1 is 0.950 bits per heavy atom. The Balaban J connectivity index is 1.70. The number of amides is 1. The number of fused-ring (bicyclic) bond motifs is 1. The Kier molecular flexibility index (Phi) is 8.20. The molecule has 40 heavy (non-hydrogen) atoms. The minimum absolute atomic E-state index is 0.0796. The van der Waals surface area contributed by atoms with Crippen LogP contribution in [0, 0.1) is 0 Å². The van der Waals surface area contributed by atoms with Crippen LogP contribution in [-0.4, -0.2) is 48.3 Å². The van der Waals surface area contributed by atoms with Gasteiger partial charge in [0.1, 0.15) is 23.0 Å². The van der Waals surface area contributed by atoms with Crippen molar-refractivity contribution in [3.05, 3.63) is 71.8 Å². The van der Waals surface area contributed by atoms with Gasteiger partial charge in [-0.15, -0.1) is 0 Å². The molecule has 0 saturated carbocycles. The number of hydrogen-bond donors (Lipinski definition) is 1. The number of nitrogens with zero attached hydrogens (tertiary/aromatic N) is 1. The van der Waals surface area contributed by atoms with Gasteiger partial charge in [-0.3, -0.25) is 9.10 Å². The zero-order chi connectivity index (χ0) is 29.2. The molecule has 1 amide bonds. The second-order valence-corrected chi connectivity index (χ2v) is 12.5. The Morgan fingerprint density at radius 3 is 2.20 bits per heavy atom. The minimum Gasteiger partial charge on any atom is -0.497 e. The molecule has 1 aliphatic rings. The number of methoxy groups -OCH3 is 3. The highest BCUT2D eigenvalue weighted by molar-refractivity contribution is 7.92. The molecule has 214 valence electrons. The van der Waals surface area contributed by atoms with Gasteiger partial charge in [0.05, 0.1) is 44.5 Å².